The van der Waals surface area contributed by atoms with Crippen LogP contribution in [0.1, 0.15) is 78.6 Å². The molecule has 0 spiro atoms. The first kappa shape index (κ1) is 20.1. The molecule has 0 N–H and O–H groups in total. The zero-order valence-corrected chi connectivity index (χ0v) is 15.7. The highest BCUT2D eigenvalue weighted by molar-refractivity contribution is 6.64. The number of rotatable bonds is 14. The summed E-state index contributed by atoms with van der Waals surface area (Å²) in [4.78, 5) is 0. The van der Waals surface area contributed by atoms with Gasteiger partial charge in [0.15, 0.2) is 0 Å². The minimum atomic E-state index is -1.86. The molecule has 0 fully saturated rings. The maximum atomic E-state index is 5.96. The van der Waals surface area contributed by atoms with E-state index in [9.17, 15) is 0 Å². The molecule has 0 aromatic carbocycles. The molecular weight excluding hydrogens is 264 g/mol. The molecule has 0 amide bonds. The Morgan fingerprint density at radius 2 is 1.25 bits per heavy atom. The summed E-state index contributed by atoms with van der Waals surface area (Å²) in [5, 5.41) is 0. The zero-order valence-electron chi connectivity index (χ0n) is 14.7. The lowest BCUT2D eigenvalue weighted by molar-refractivity contribution is 0.159. The summed E-state index contributed by atoms with van der Waals surface area (Å²) < 4.78 is 11.8. The molecule has 122 valence electrons. The Morgan fingerprint density at radius 3 is 1.75 bits per heavy atom. The van der Waals surface area contributed by atoms with Gasteiger partial charge in [-0.05, 0) is 25.4 Å². The van der Waals surface area contributed by atoms with Gasteiger partial charge in [-0.15, -0.1) is 0 Å². The highest BCUT2D eigenvalue weighted by Crippen LogP contribution is 2.12. The molecule has 0 atom stereocenters. The molecule has 0 radical (unpaired) electrons. The van der Waals surface area contributed by atoms with Crippen LogP contribution in [0.2, 0.25) is 13.1 Å². The predicted octanol–water partition coefficient (Wildman–Crippen LogP) is 5.91. The van der Waals surface area contributed by atoms with Crippen LogP contribution in [-0.4, -0.2) is 21.8 Å². The van der Waals surface area contributed by atoms with Crippen LogP contribution < -0.4 is 0 Å². The highest BCUT2D eigenvalue weighted by atomic mass is 28.4. The lowest BCUT2D eigenvalue weighted by Crippen LogP contribution is -2.36. The summed E-state index contributed by atoms with van der Waals surface area (Å²) in [5.41, 5.74) is 0. The van der Waals surface area contributed by atoms with Gasteiger partial charge in [0.25, 0.3) is 0 Å². The molecule has 0 saturated heterocycles. The zero-order chi connectivity index (χ0) is 15.3. The quantitative estimate of drug-likeness (QED) is 0.293. The fourth-order valence-corrected chi connectivity index (χ4v) is 3.59. The van der Waals surface area contributed by atoms with Crippen molar-refractivity contribution in [3.8, 4) is 0 Å². The van der Waals surface area contributed by atoms with Crippen molar-refractivity contribution in [2.75, 3.05) is 13.2 Å². The lowest BCUT2D eigenvalue weighted by atomic mass is 10.1. The molecule has 2 nitrogen and oxygen atoms in total. The summed E-state index contributed by atoms with van der Waals surface area (Å²) in [5.74, 6) is 0.595. The first-order valence-corrected chi connectivity index (χ1v) is 11.6. The van der Waals surface area contributed by atoms with Crippen LogP contribution in [0.15, 0.2) is 0 Å². The minimum Gasteiger partial charge on any atom is -0.395 e. The molecule has 3 heteroatoms. The Bertz CT molecular complexity index is 205. The van der Waals surface area contributed by atoms with Gasteiger partial charge in [0, 0.05) is 13.2 Å². The van der Waals surface area contributed by atoms with E-state index in [1.54, 1.807) is 0 Å². The predicted molar refractivity (Wildman–Crippen MR) is 91.5 cm³/mol. The fourth-order valence-electron chi connectivity index (χ4n) is 2.14. The average Bonchev–Trinajstić information content (AvgIpc) is 2.39. The van der Waals surface area contributed by atoms with Gasteiger partial charge in [-0.2, -0.15) is 0 Å². The Kier molecular flexibility index (Phi) is 12.9. The Balaban J connectivity index is 3.30. The third-order valence-corrected chi connectivity index (χ3v) is 5.22. The van der Waals surface area contributed by atoms with Crippen LogP contribution in [0.4, 0.5) is 0 Å². The molecule has 0 aromatic rings. The fraction of sp³-hybridized carbons (Fsp3) is 1.00. The summed E-state index contributed by atoms with van der Waals surface area (Å²) >= 11 is 0. The normalized spacial score (nSPS) is 12.3. The van der Waals surface area contributed by atoms with E-state index in [2.05, 4.69) is 33.9 Å². The van der Waals surface area contributed by atoms with Crippen LogP contribution in [0.25, 0.3) is 0 Å². The van der Waals surface area contributed by atoms with E-state index in [1.165, 1.54) is 57.8 Å². The summed E-state index contributed by atoms with van der Waals surface area (Å²) in [6.07, 6.45) is 12.3. The molecule has 0 bridgehead atoms. The van der Waals surface area contributed by atoms with Gasteiger partial charge < -0.3 is 8.85 Å². The minimum absolute atomic E-state index is 0.595. The van der Waals surface area contributed by atoms with E-state index < -0.39 is 8.56 Å². The third-order valence-electron chi connectivity index (χ3n) is 3.46. The number of unbranched alkanes of at least 4 members (excludes halogenated alkanes) is 8. The summed E-state index contributed by atoms with van der Waals surface area (Å²) in [6, 6.07) is 0. The lowest BCUT2D eigenvalue weighted by Gasteiger charge is -2.24. The molecule has 0 rings (SSSR count). The summed E-state index contributed by atoms with van der Waals surface area (Å²) in [6.45, 7) is 12.7. The van der Waals surface area contributed by atoms with Gasteiger partial charge in [0.05, 0.1) is 0 Å². The second-order valence-electron chi connectivity index (χ2n) is 6.78. The summed E-state index contributed by atoms with van der Waals surface area (Å²) in [7, 11) is -1.86. The van der Waals surface area contributed by atoms with Gasteiger partial charge in [0.1, 0.15) is 0 Å². The van der Waals surface area contributed by atoms with Crippen molar-refractivity contribution in [3.05, 3.63) is 0 Å². The molecule has 0 unspecified atom stereocenters. The SMILES string of the molecule is CCCCCCCCCCCO[Si](C)(C)OCC(C)C. The molecule has 0 saturated carbocycles. The van der Waals surface area contributed by atoms with Crippen molar-refractivity contribution in [1.82, 2.24) is 0 Å². The first-order valence-electron chi connectivity index (χ1n) is 8.76. The number of hydrogen-bond acceptors (Lipinski definition) is 2. The van der Waals surface area contributed by atoms with Crippen LogP contribution in [-0.2, 0) is 8.85 Å². The van der Waals surface area contributed by atoms with Gasteiger partial charge >= 0.3 is 8.56 Å². The van der Waals surface area contributed by atoms with E-state index >= 15 is 0 Å². The largest absolute Gasteiger partial charge is 0.395 e. The van der Waals surface area contributed by atoms with Crippen LogP contribution in [0.5, 0.6) is 0 Å². The van der Waals surface area contributed by atoms with E-state index in [0.29, 0.717) is 5.92 Å². The van der Waals surface area contributed by atoms with Crippen molar-refractivity contribution in [2.45, 2.75) is 91.7 Å². The second-order valence-corrected chi connectivity index (χ2v) is 10.2. The van der Waals surface area contributed by atoms with Crippen molar-refractivity contribution in [1.29, 1.82) is 0 Å². The Hall–Kier alpha value is 0.137. The van der Waals surface area contributed by atoms with E-state index in [0.717, 1.165) is 13.2 Å². The van der Waals surface area contributed by atoms with Gasteiger partial charge in [-0.3, -0.25) is 0 Å². The van der Waals surface area contributed by atoms with Crippen LogP contribution in [0.3, 0.4) is 0 Å². The maximum Gasteiger partial charge on any atom is 0.331 e. The van der Waals surface area contributed by atoms with Crippen molar-refractivity contribution < 1.29 is 8.85 Å². The van der Waals surface area contributed by atoms with Crippen molar-refractivity contribution in [3.63, 3.8) is 0 Å². The van der Waals surface area contributed by atoms with Crippen molar-refractivity contribution in [2.24, 2.45) is 5.92 Å². The van der Waals surface area contributed by atoms with E-state index in [4.69, 9.17) is 8.85 Å². The molecule has 0 aromatic heterocycles. The average molecular weight is 303 g/mol. The third kappa shape index (κ3) is 14.5. The topological polar surface area (TPSA) is 18.5 Å². The van der Waals surface area contributed by atoms with E-state index in [-0.39, 0.29) is 0 Å². The molecule has 0 aliphatic rings. The smallest absolute Gasteiger partial charge is 0.331 e. The van der Waals surface area contributed by atoms with E-state index in [1.807, 2.05) is 0 Å². The molecule has 20 heavy (non-hydrogen) atoms. The second kappa shape index (κ2) is 12.8. The van der Waals surface area contributed by atoms with Crippen LogP contribution >= 0.6 is 0 Å². The Labute approximate surface area is 128 Å². The highest BCUT2D eigenvalue weighted by Gasteiger charge is 2.24. The van der Waals surface area contributed by atoms with Gasteiger partial charge in [0.2, 0.25) is 0 Å². The number of hydrogen-bond donors (Lipinski definition) is 0. The molecule has 0 aliphatic heterocycles. The monoisotopic (exact) mass is 302 g/mol. The van der Waals surface area contributed by atoms with Gasteiger partial charge in [-0.25, -0.2) is 0 Å². The van der Waals surface area contributed by atoms with Gasteiger partial charge in [-0.1, -0.05) is 72.1 Å². The molecule has 0 heterocycles. The molecular formula is C17H38O2Si. The maximum absolute atomic E-state index is 5.96. The standard InChI is InChI=1S/C17H38O2Si/c1-6-7-8-9-10-11-12-13-14-15-18-20(4,5)19-16-17(2)3/h17H,6-16H2,1-5H3. The molecule has 0 aliphatic carbocycles. The Morgan fingerprint density at radius 1 is 0.750 bits per heavy atom. The first-order chi connectivity index (χ1) is 9.48. The van der Waals surface area contributed by atoms with Crippen molar-refractivity contribution >= 4 is 8.56 Å². The van der Waals surface area contributed by atoms with Crippen LogP contribution in [0, 0.1) is 5.92 Å².